The highest BCUT2D eigenvalue weighted by Gasteiger charge is 2.33. The SMILES string of the molecule is O=C1O[C@@H](Cc2ccccc2)C(O)=C1Cc1ccccc1. The van der Waals surface area contributed by atoms with Gasteiger partial charge in [0.2, 0.25) is 0 Å². The summed E-state index contributed by atoms with van der Waals surface area (Å²) in [5.74, 6) is -0.356. The predicted octanol–water partition coefficient (Wildman–Crippen LogP) is 3.21. The molecule has 1 atom stereocenters. The van der Waals surface area contributed by atoms with Gasteiger partial charge in [0.05, 0.1) is 5.57 Å². The summed E-state index contributed by atoms with van der Waals surface area (Å²) in [5, 5.41) is 10.3. The van der Waals surface area contributed by atoms with Gasteiger partial charge in [-0.3, -0.25) is 0 Å². The van der Waals surface area contributed by atoms with Crippen molar-refractivity contribution < 1.29 is 14.6 Å². The Labute approximate surface area is 123 Å². The number of rotatable bonds is 4. The molecular weight excluding hydrogens is 264 g/mol. The number of cyclic esters (lactones) is 1. The third-order valence-corrected chi connectivity index (χ3v) is 3.60. The molecule has 21 heavy (non-hydrogen) atoms. The van der Waals surface area contributed by atoms with Crippen molar-refractivity contribution in [2.75, 3.05) is 0 Å². The number of esters is 1. The van der Waals surface area contributed by atoms with Gasteiger partial charge in [-0.1, -0.05) is 60.7 Å². The number of hydrogen-bond donors (Lipinski definition) is 1. The smallest absolute Gasteiger partial charge is 0.338 e. The van der Waals surface area contributed by atoms with Gasteiger partial charge in [0, 0.05) is 12.8 Å². The molecule has 1 N–H and O–H groups in total. The molecule has 1 heterocycles. The Bertz CT molecular complexity index is 659. The molecule has 0 spiro atoms. The van der Waals surface area contributed by atoms with Crippen LogP contribution in [0.15, 0.2) is 72.0 Å². The minimum Gasteiger partial charge on any atom is -0.508 e. The minimum absolute atomic E-state index is 0.0627. The Morgan fingerprint density at radius 2 is 1.48 bits per heavy atom. The van der Waals surface area contributed by atoms with Gasteiger partial charge in [0.1, 0.15) is 5.76 Å². The molecule has 0 bridgehead atoms. The van der Waals surface area contributed by atoms with Crippen LogP contribution in [0.5, 0.6) is 0 Å². The monoisotopic (exact) mass is 280 g/mol. The van der Waals surface area contributed by atoms with E-state index in [0.29, 0.717) is 18.4 Å². The van der Waals surface area contributed by atoms with E-state index < -0.39 is 12.1 Å². The molecule has 3 heteroatoms. The molecule has 106 valence electrons. The van der Waals surface area contributed by atoms with Crippen LogP contribution in [0.4, 0.5) is 0 Å². The van der Waals surface area contributed by atoms with Gasteiger partial charge in [0.15, 0.2) is 6.10 Å². The molecule has 0 saturated heterocycles. The van der Waals surface area contributed by atoms with Crippen molar-refractivity contribution in [3.05, 3.63) is 83.1 Å². The maximum atomic E-state index is 11.9. The molecule has 0 aliphatic carbocycles. The van der Waals surface area contributed by atoms with Crippen molar-refractivity contribution in [3.8, 4) is 0 Å². The van der Waals surface area contributed by atoms with Crippen LogP contribution in [0.1, 0.15) is 11.1 Å². The van der Waals surface area contributed by atoms with Crippen LogP contribution in [0.3, 0.4) is 0 Å². The van der Waals surface area contributed by atoms with Crippen molar-refractivity contribution >= 4 is 5.97 Å². The first-order chi connectivity index (χ1) is 10.2. The third-order valence-electron chi connectivity index (χ3n) is 3.60. The number of hydrogen-bond acceptors (Lipinski definition) is 3. The summed E-state index contributed by atoms with van der Waals surface area (Å²) >= 11 is 0. The largest absolute Gasteiger partial charge is 0.508 e. The van der Waals surface area contributed by atoms with Gasteiger partial charge < -0.3 is 9.84 Å². The maximum Gasteiger partial charge on any atom is 0.338 e. The first kappa shape index (κ1) is 13.4. The van der Waals surface area contributed by atoms with Crippen molar-refractivity contribution in [2.45, 2.75) is 18.9 Å². The van der Waals surface area contributed by atoms with Crippen LogP contribution in [-0.4, -0.2) is 17.2 Å². The Hall–Kier alpha value is -2.55. The van der Waals surface area contributed by atoms with Crippen LogP contribution in [-0.2, 0) is 22.4 Å². The number of aliphatic hydroxyl groups excluding tert-OH is 1. The van der Waals surface area contributed by atoms with E-state index in [4.69, 9.17) is 4.74 Å². The van der Waals surface area contributed by atoms with Crippen molar-refractivity contribution in [1.82, 2.24) is 0 Å². The van der Waals surface area contributed by atoms with Crippen molar-refractivity contribution in [3.63, 3.8) is 0 Å². The lowest BCUT2D eigenvalue weighted by Gasteiger charge is -2.09. The lowest BCUT2D eigenvalue weighted by molar-refractivity contribution is -0.140. The van der Waals surface area contributed by atoms with Crippen LogP contribution in [0, 0.1) is 0 Å². The molecule has 0 unspecified atom stereocenters. The van der Waals surface area contributed by atoms with E-state index in [9.17, 15) is 9.90 Å². The predicted molar refractivity (Wildman–Crippen MR) is 79.8 cm³/mol. The molecule has 1 aliphatic heterocycles. The van der Waals surface area contributed by atoms with Crippen LogP contribution in [0.25, 0.3) is 0 Å². The molecule has 3 rings (SSSR count). The summed E-state index contributed by atoms with van der Waals surface area (Å²) < 4.78 is 5.30. The van der Waals surface area contributed by atoms with E-state index >= 15 is 0 Å². The van der Waals surface area contributed by atoms with E-state index in [1.165, 1.54) is 0 Å². The number of benzene rings is 2. The molecule has 0 radical (unpaired) electrons. The number of ether oxygens (including phenoxy) is 1. The minimum atomic E-state index is -0.571. The highest BCUT2D eigenvalue weighted by molar-refractivity contribution is 5.92. The Kier molecular flexibility index (Phi) is 3.73. The van der Waals surface area contributed by atoms with E-state index in [1.54, 1.807) is 0 Å². The molecule has 2 aromatic rings. The maximum absolute atomic E-state index is 11.9. The lowest BCUT2D eigenvalue weighted by atomic mass is 10.0. The quantitative estimate of drug-likeness (QED) is 0.875. The second-order valence-corrected chi connectivity index (χ2v) is 5.11. The summed E-state index contributed by atoms with van der Waals surface area (Å²) in [6, 6.07) is 19.3. The Balaban J connectivity index is 1.78. The average Bonchev–Trinajstić information content (AvgIpc) is 2.77. The van der Waals surface area contributed by atoms with Crippen LogP contribution < -0.4 is 0 Å². The summed E-state index contributed by atoms with van der Waals surface area (Å²) in [5.41, 5.74) is 2.38. The van der Waals surface area contributed by atoms with E-state index in [-0.39, 0.29) is 5.76 Å². The van der Waals surface area contributed by atoms with Gasteiger partial charge in [-0.2, -0.15) is 0 Å². The Morgan fingerprint density at radius 1 is 0.905 bits per heavy atom. The van der Waals surface area contributed by atoms with Gasteiger partial charge in [-0.15, -0.1) is 0 Å². The number of aliphatic hydroxyl groups is 1. The number of carbonyl (C=O) groups is 1. The second kappa shape index (κ2) is 5.83. The summed E-state index contributed by atoms with van der Waals surface area (Å²) in [7, 11) is 0. The van der Waals surface area contributed by atoms with E-state index in [1.807, 2.05) is 60.7 Å². The molecular formula is C18H16O3. The Morgan fingerprint density at radius 3 is 2.10 bits per heavy atom. The third kappa shape index (κ3) is 2.97. The topological polar surface area (TPSA) is 46.5 Å². The molecule has 0 aromatic heterocycles. The summed E-state index contributed by atoms with van der Waals surface area (Å²) in [4.78, 5) is 11.9. The first-order valence-electron chi connectivity index (χ1n) is 6.95. The fourth-order valence-corrected chi connectivity index (χ4v) is 2.48. The molecule has 0 saturated carbocycles. The van der Waals surface area contributed by atoms with E-state index in [0.717, 1.165) is 11.1 Å². The standard InChI is InChI=1S/C18H16O3/c19-17-15(11-13-7-3-1-4-8-13)18(20)21-16(17)12-14-9-5-2-6-10-14/h1-10,16,19H,11-12H2/t16-/m0/s1. The van der Waals surface area contributed by atoms with Gasteiger partial charge in [-0.05, 0) is 11.1 Å². The first-order valence-corrected chi connectivity index (χ1v) is 6.95. The molecule has 1 aliphatic rings. The molecule has 0 fully saturated rings. The second-order valence-electron chi connectivity index (χ2n) is 5.11. The lowest BCUT2D eigenvalue weighted by Crippen LogP contribution is -2.14. The van der Waals surface area contributed by atoms with Gasteiger partial charge >= 0.3 is 5.97 Å². The summed E-state index contributed by atoms with van der Waals surface area (Å²) in [6.45, 7) is 0. The number of carbonyl (C=O) groups excluding carboxylic acids is 1. The average molecular weight is 280 g/mol. The van der Waals surface area contributed by atoms with Gasteiger partial charge in [0.25, 0.3) is 0 Å². The van der Waals surface area contributed by atoms with Crippen molar-refractivity contribution in [2.24, 2.45) is 0 Å². The van der Waals surface area contributed by atoms with Gasteiger partial charge in [-0.25, -0.2) is 4.79 Å². The zero-order chi connectivity index (χ0) is 14.7. The highest BCUT2D eigenvalue weighted by atomic mass is 16.6. The normalized spacial score (nSPS) is 17.9. The zero-order valence-electron chi connectivity index (χ0n) is 11.5. The van der Waals surface area contributed by atoms with E-state index in [2.05, 4.69) is 0 Å². The zero-order valence-corrected chi connectivity index (χ0v) is 11.5. The van der Waals surface area contributed by atoms with Crippen molar-refractivity contribution in [1.29, 1.82) is 0 Å². The van der Waals surface area contributed by atoms with Crippen LogP contribution >= 0.6 is 0 Å². The molecule has 2 aromatic carbocycles. The highest BCUT2D eigenvalue weighted by Crippen LogP contribution is 2.26. The molecule has 3 nitrogen and oxygen atoms in total. The molecule has 0 amide bonds. The van der Waals surface area contributed by atoms with Crippen LogP contribution in [0.2, 0.25) is 0 Å². The fraction of sp³-hybridized carbons (Fsp3) is 0.167. The fourth-order valence-electron chi connectivity index (χ4n) is 2.48. The summed E-state index contributed by atoms with van der Waals surface area (Å²) in [6.07, 6.45) is 0.326.